The molecule has 2 heterocycles. The van der Waals surface area contributed by atoms with Crippen LogP contribution in [-0.2, 0) is 20.3 Å². The minimum Gasteiger partial charge on any atom is -0.394 e. The molecule has 0 saturated carbocycles. The molecule has 10 nitrogen and oxygen atoms in total. The molecule has 10 atom stereocenters. The van der Waals surface area contributed by atoms with Crippen LogP contribution in [0.1, 0.15) is 6.42 Å². The lowest BCUT2D eigenvalue weighted by atomic mass is 10.0. The monoisotopic (exact) mass is 358 g/mol. The molecule has 0 amide bonds. The quantitative estimate of drug-likeness (QED) is 0.258. The standard InChI is InChI=1S/C12H22O10S/c13-2-5-7(1-4(15)11(19)21-5)23(20)12-10(18)9(17)8(16)6(3-14)22-12/h4-19H,1-3H2/t4-,5-,6-,7?,8+,9+,10-,11-,12+,23?/m1/s1. The molecule has 11 heteroatoms. The van der Waals surface area contributed by atoms with Crippen LogP contribution >= 0.6 is 0 Å². The molecule has 2 fully saturated rings. The van der Waals surface area contributed by atoms with Gasteiger partial charge in [0.15, 0.2) is 11.7 Å². The molecule has 2 rings (SSSR count). The van der Waals surface area contributed by atoms with E-state index in [1.807, 2.05) is 0 Å². The largest absolute Gasteiger partial charge is 0.394 e. The normalized spacial score (nSPS) is 49.8. The van der Waals surface area contributed by atoms with Gasteiger partial charge in [0, 0.05) is 0 Å². The van der Waals surface area contributed by atoms with Gasteiger partial charge < -0.3 is 45.2 Å². The lowest BCUT2D eigenvalue weighted by molar-refractivity contribution is -0.221. The van der Waals surface area contributed by atoms with E-state index >= 15 is 0 Å². The molecule has 2 unspecified atom stereocenters. The van der Waals surface area contributed by atoms with Crippen molar-refractivity contribution in [1.29, 1.82) is 0 Å². The van der Waals surface area contributed by atoms with Crippen LogP contribution in [0.15, 0.2) is 0 Å². The van der Waals surface area contributed by atoms with Gasteiger partial charge in [-0.2, -0.15) is 0 Å². The van der Waals surface area contributed by atoms with Crippen molar-refractivity contribution in [1.82, 2.24) is 0 Å². The van der Waals surface area contributed by atoms with E-state index in [9.17, 15) is 34.8 Å². The highest BCUT2D eigenvalue weighted by atomic mass is 32.2. The van der Waals surface area contributed by atoms with Gasteiger partial charge in [0.1, 0.15) is 30.5 Å². The Morgan fingerprint density at radius 3 is 2.04 bits per heavy atom. The summed E-state index contributed by atoms with van der Waals surface area (Å²) in [4.78, 5) is 0. The minimum absolute atomic E-state index is 0.186. The molecule has 0 aliphatic carbocycles. The van der Waals surface area contributed by atoms with Gasteiger partial charge in [-0.25, -0.2) is 0 Å². The summed E-state index contributed by atoms with van der Waals surface area (Å²) in [6, 6.07) is 0. The fourth-order valence-electron chi connectivity index (χ4n) is 2.70. The van der Waals surface area contributed by atoms with Gasteiger partial charge in [-0.1, -0.05) is 0 Å². The van der Waals surface area contributed by atoms with E-state index < -0.39 is 77.6 Å². The Morgan fingerprint density at radius 2 is 1.48 bits per heavy atom. The topological polar surface area (TPSA) is 177 Å². The number of rotatable bonds is 4. The van der Waals surface area contributed by atoms with Crippen LogP contribution in [0.25, 0.3) is 0 Å². The zero-order valence-corrected chi connectivity index (χ0v) is 12.9. The first-order valence-electron chi connectivity index (χ1n) is 7.14. The van der Waals surface area contributed by atoms with E-state index in [2.05, 4.69) is 0 Å². The van der Waals surface area contributed by atoms with Gasteiger partial charge in [-0.15, -0.1) is 0 Å². The third kappa shape index (κ3) is 3.74. The van der Waals surface area contributed by atoms with E-state index in [-0.39, 0.29) is 6.42 Å². The summed E-state index contributed by atoms with van der Waals surface area (Å²) in [6.07, 6.45) is -10.3. The Bertz CT molecular complexity index is 421. The highest BCUT2D eigenvalue weighted by molar-refractivity contribution is 7.86. The maximum Gasteiger partial charge on any atom is 0.181 e. The first-order chi connectivity index (χ1) is 10.8. The van der Waals surface area contributed by atoms with Crippen molar-refractivity contribution in [3.63, 3.8) is 0 Å². The number of aliphatic hydroxyl groups excluding tert-OH is 7. The SMILES string of the molecule is O=S(C1C[C@@H](O)[C@H](O)O[C@@H]1CO)[C@@H]1O[C@H](CO)[C@H](O)[C@H](O)[C@H]1O. The zero-order chi connectivity index (χ0) is 17.3. The Morgan fingerprint density at radius 1 is 0.870 bits per heavy atom. The summed E-state index contributed by atoms with van der Waals surface area (Å²) in [5.74, 6) is 0. The van der Waals surface area contributed by atoms with Crippen molar-refractivity contribution >= 4 is 10.8 Å². The molecule has 0 aromatic heterocycles. The van der Waals surface area contributed by atoms with Crippen LogP contribution in [-0.4, -0.2) is 107 Å². The first kappa shape index (κ1) is 19.1. The lowest BCUT2D eigenvalue weighted by Gasteiger charge is -2.43. The summed E-state index contributed by atoms with van der Waals surface area (Å²) in [6.45, 7) is -1.25. The number of aliphatic hydroxyl groups is 7. The minimum atomic E-state index is -2.06. The predicted molar refractivity (Wildman–Crippen MR) is 74.3 cm³/mol. The second kappa shape index (κ2) is 7.78. The van der Waals surface area contributed by atoms with Crippen LogP contribution in [0.5, 0.6) is 0 Å². The van der Waals surface area contributed by atoms with Gasteiger partial charge in [0.2, 0.25) is 0 Å². The molecule has 7 N–H and O–H groups in total. The molecule has 2 aliphatic rings. The number of hydrogen-bond donors (Lipinski definition) is 7. The highest BCUT2D eigenvalue weighted by Crippen LogP contribution is 2.30. The molecular weight excluding hydrogens is 336 g/mol. The molecule has 0 bridgehead atoms. The predicted octanol–water partition coefficient (Wildman–Crippen LogP) is -4.64. The third-order valence-electron chi connectivity index (χ3n) is 4.09. The van der Waals surface area contributed by atoms with Crippen LogP contribution in [0, 0.1) is 0 Å². The zero-order valence-electron chi connectivity index (χ0n) is 12.1. The van der Waals surface area contributed by atoms with Crippen LogP contribution in [0.4, 0.5) is 0 Å². The number of hydrogen-bond acceptors (Lipinski definition) is 10. The summed E-state index contributed by atoms with van der Waals surface area (Å²) >= 11 is 0. The van der Waals surface area contributed by atoms with Gasteiger partial charge >= 0.3 is 0 Å². The van der Waals surface area contributed by atoms with E-state index in [0.717, 1.165) is 0 Å². The summed E-state index contributed by atoms with van der Waals surface area (Å²) < 4.78 is 22.8. The Balaban J connectivity index is 2.17. The van der Waals surface area contributed by atoms with Crippen LogP contribution in [0.2, 0.25) is 0 Å². The molecule has 0 aromatic carbocycles. The van der Waals surface area contributed by atoms with E-state index in [4.69, 9.17) is 14.6 Å². The fraction of sp³-hybridized carbons (Fsp3) is 1.00. The highest BCUT2D eigenvalue weighted by Gasteiger charge is 2.50. The maximum atomic E-state index is 12.7. The molecule has 23 heavy (non-hydrogen) atoms. The third-order valence-corrected chi connectivity index (χ3v) is 6.03. The smallest absolute Gasteiger partial charge is 0.181 e. The van der Waals surface area contributed by atoms with Crippen molar-refractivity contribution in [3.8, 4) is 0 Å². The average molecular weight is 358 g/mol. The fourth-order valence-corrected chi connectivity index (χ4v) is 4.57. The Labute approximate surface area is 134 Å². The van der Waals surface area contributed by atoms with E-state index in [1.165, 1.54) is 0 Å². The Hall–Kier alpha value is -0.210. The molecule has 2 aliphatic heterocycles. The maximum absolute atomic E-state index is 12.7. The van der Waals surface area contributed by atoms with Crippen LogP contribution < -0.4 is 0 Å². The van der Waals surface area contributed by atoms with Crippen molar-refractivity contribution in [2.45, 2.75) is 60.0 Å². The van der Waals surface area contributed by atoms with Crippen molar-refractivity contribution in [2.75, 3.05) is 13.2 Å². The average Bonchev–Trinajstić information content (AvgIpc) is 2.54. The van der Waals surface area contributed by atoms with Crippen molar-refractivity contribution in [3.05, 3.63) is 0 Å². The van der Waals surface area contributed by atoms with Gasteiger partial charge in [0.05, 0.1) is 35.4 Å². The summed E-state index contributed by atoms with van der Waals surface area (Å²) in [7, 11) is -2.06. The van der Waals surface area contributed by atoms with Crippen LogP contribution in [0.3, 0.4) is 0 Å². The first-order valence-corrected chi connectivity index (χ1v) is 8.41. The molecule has 0 aromatic rings. The molecule has 0 spiro atoms. The van der Waals surface area contributed by atoms with E-state index in [1.54, 1.807) is 0 Å². The number of ether oxygens (including phenoxy) is 2. The molecule has 136 valence electrons. The molecular formula is C12H22O10S. The molecule has 2 saturated heterocycles. The Kier molecular flexibility index (Phi) is 6.47. The van der Waals surface area contributed by atoms with Gasteiger partial charge in [0.25, 0.3) is 0 Å². The molecule has 0 radical (unpaired) electrons. The second-order valence-electron chi connectivity index (χ2n) is 5.61. The summed E-state index contributed by atoms with van der Waals surface area (Å²) in [5, 5.41) is 65.9. The second-order valence-corrected chi connectivity index (χ2v) is 7.34. The van der Waals surface area contributed by atoms with Gasteiger partial charge in [-0.3, -0.25) is 4.21 Å². The summed E-state index contributed by atoms with van der Waals surface area (Å²) in [5.41, 5.74) is -1.46. The lowest BCUT2D eigenvalue weighted by Crippen LogP contribution is -2.62. The van der Waals surface area contributed by atoms with Crippen molar-refractivity contribution in [2.24, 2.45) is 0 Å². The van der Waals surface area contributed by atoms with Crippen molar-refractivity contribution < 1.29 is 49.4 Å². The van der Waals surface area contributed by atoms with E-state index in [0.29, 0.717) is 0 Å². The van der Waals surface area contributed by atoms with Gasteiger partial charge in [-0.05, 0) is 6.42 Å².